The maximum absolute atomic E-state index is 12.8. The first kappa shape index (κ1) is 20.3. The number of piperidine rings is 2. The fourth-order valence-corrected chi connectivity index (χ4v) is 6.23. The van der Waals surface area contributed by atoms with E-state index in [9.17, 15) is 4.79 Å². The number of aryl methyl sites for hydroxylation is 1. The number of carbonyl (C=O) groups excluding carboxylic acids is 1. The van der Waals surface area contributed by atoms with Crippen LogP contribution in [0.25, 0.3) is 0 Å². The summed E-state index contributed by atoms with van der Waals surface area (Å²) in [5.41, 5.74) is 2.51. The number of ether oxygens (including phenoxy) is 1. The van der Waals surface area contributed by atoms with Crippen molar-refractivity contribution in [2.45, 2.75) is 64.0 Å². The van der Waals surface area contributed by atoms with Crippen LogP contribution >= 0.6 is 0 Å². The number of esters is 1. The van der Waals surface area contributed by atoms with Crippen LogP contribution in [0.4, 0.5) is 5.69 Å². The molecule has 4 saturated heterocycles. The highest BCUT2D eigenvalue weighted by Crippen LogP contribution is 2.44. The first-order valence-electron chi connectivity index (χ1n) is 12.1. The van der Waals surface area contributed by atoms with Crippen molar-refractivity contribution in [3.05, 3.63) is 29.8 Å². The molecular weight excluding hydrogens is 374 g/mol. The molecule has 5 rings (SSSR count). The van der Waals surface area contributed by atoms with E-state index in [2.05, 4.69) is 45.9 Å². The first-order valence-corrected chi connectivity index (χ1v) is 12.1. The van der Waals surface area contributed by atoms with Crippen molar-refractivity contribution in [1.82, 2.24) is 9.80 Å². The molecule has 0 radical (unpaired) electrons. The van der Waals surface area contributed by atoms with Gasteiger partial charge in [-0.05, 0) is 89.3 Å². The van der Waals surface area contributed by atoms with Crippen LogP contribution in [0, 0.1) is 12.3 Å². The van der Waals surface area contributed by atoms with E-state index in [1.54, 1.807) is 0 Å². The number of rotatable bonds is 4. The van der Waals surface area contributed by atoms with Crippen molar-refractivity contribution in [3.63, 3.8) is 0 Å². The number of hydrogen-bond donors (Lipinski definition) is 0. The van der Waals surface area contributed by atoms with Gasteiger partial charge in [0.15, 0.2) is 0 Å². The third-order valence-corrected chi connectivity index (χ3v) is 8.09. The molecule has 164 valence electrons. The Hall–Kier alpha value is -1.59. The minimum atomic E-state index is -0.191. The number of hydrogen-bond acceptors (Lipinski definition) is 5. The Balaban J connectivity index is 1.12. The van der Waals surface area contributed by atoms with Gasteiger partial charge in [-0.25, -0.2) is 0 Å². The van der Waals surface area contributed by atoms with E-state index in [0.717, 1.165) is 52.0 Å². The van der Waals surface area contributed by atoms with Crippen molar-refractivity contribution in [2.75, 3.05) is 50.7 Å². The SMILES string of the molecule is Cc1cccc(N2CCC(N3CCC4(CC3)CC(CN3CCCC3)OC4=O)CC2)c1. The summed E-state index contributed by atoms with van der Waals surface area (Å²) in [6.45, 7) is 9.86. The Morgan fingerprint density at radius 3 is 2.47 bits per heavy atom. The second kappa shape index (κ2) is 8.51. The van der Waals surface area contributed by atoms with E-state index >= 15 is 0 Å². The Kier molecular flexibility index (Phi) is 5.76. The Labute approximate surface area is 181 Å². The lowest BCUT2D eigenvalue weighted by atomic mass is 9.75. The van der Waals surface area contributed by atoms with Crippen LogP contribution in [-0.4, -0.2) is 73.7 Å². The number of benzene rings is 1. The molecule has 1 aromatic rings. The summed E-state index contributed by atoms with van der Waals surface area (Å²) in [7, 11) is 0. The maximum Gasteiger partial charge on any atom is 0.312 e. The normalized spacial score (nSPS) is 28.4. The van der Waals surface area contributed by atoms with Gasteiger partial charge in [-0.2, -0.15) is 0 Å². The van der Waals surface area contributed by atoms with Gasteiger partial charge in [0.05, 0.1) is 5.41 Å². The molecule has 4 heterocycles. The molecule has 4 aliphatic heterocycles. The van der Waals surface area contributed by atoms with Gasteiger partial charge in [0.1, 0.15) is 6.10 Å². The monoisotopic (exact) mass is 411 g/mol. The Morgan fingerprint density at radius 2 is 1.77 bits per heavy atom. The zero-order chi connectivity index (χ0) is 20.6. The lowest BCUT2D eigenvalue weighted by Gasteiger charge is -2.44. The Morgan fingerprint density at radius 1 is 1.03 bits per heavy atom. The summed E-state index contributed by atoms with van der Waals surface area (Å²) in [5, 5.41) is 0. The van der Waals surface area contributed by atoms with Crippen molar-refractivity contribution < 1.29 is 9.53 Å². The molecule has 0 saturated carbocycles. The van der Waals surface area contributed by atoms with Gasteiger partial charge in [0.25, 0.3) is 0 Å². The summed E-state index contributed by atoms with van der Waals surface area (Å²) >= 11 is 0. The largest absolute Gasteiger partial charge is 0.461 e. The van der Waals surface area contributed by atoms with Crippen LogP contribution in [0.15, 0.2) is 24.3 Å². The first-order chi connectivity index (χ1) is 14.6. The Bertz CT molecular complexity index is 745. The second-order valence-corrected chi connectivity index (χ2v) is 10.1. The predicted molar refractivity (Wildman–Crippen MR) is 120 cm³/mol. The quantitative estimate of drug-likeness (QED) is 0.709. The van der Waals surface area contributed by atoms with E-state index in [1.807, 2.05) is 0 Å². The summed E-state index contributed by atoms with van der Waals surface area (Å²) in [6, 6.07) is 9.54. The van der Waals surface area contributed by atoms with Gasteiger partial charge in [-0.3, -0.25) is 9.69 Å². The zero-order valence-corrected chi connectivity index (χ0v) is 18.5. The van der Waals surface area contributed by atoms with Crippen molar-refractivity contribution in [2.24, 2.45) is 5.41 Å². The molecule has 30 heavy (non-hydrogen) atoms. The number of nitrogens with zero attached hydrogens (tertiary/aromatic N) is 3. The van der Waals surface area contributed by atoms with E-state index in [4.69, 9.17) is 4.74 Å². The predicted octanol–water partition coefficient (Wildman–Crippen LogP) is 3.46. The van der Waals surface area contributed by atoms with Gasteiger partial charge < -0.3 is 14.5 Å². The molecule has 0 bridgehead atoms. The fraction of sp³-hybridized carbons (Fsp3) is 0.720. The standard InChI is InChI=1S/C25H37N3O2/c1-20-5-4-6-22(17-20)27-13-7-21(8-14-27)28-15-9-25(10-16-28)18-23(30-24(25)29)19-26-11-2-3-12-26/h4-6,17,21,23H,2-3,7-16,18-19H2,1H3. The molecule has 0 aliphatic carbocycles. The molecule has 0 N–H and O–H groups in total. The molecule has 5 nitrogen and oxygen atoms in total. The molecule has 5 heteroatoms. The van der Waals surface area contributed by atoms with Crippen LogP contribution in [-0.2, 0) is 9.53 Å². The van der Waals surface area contributed by atoms with Crippen molar-refractivity contribution >= 4 is 11.7 Å². The highest BCUT2D eigenvalue weighted by molar-refractivity contribution is 5.79. The molecule has 1 atom stereocenters. The van der Waals surface area contributed by atoms with Crippen LogP contribution in [0.5, 0.6) is 0 Å². The van der Waals surface area contributed by atoms with E-state index in [-0.39, 0.29) is 17.5 Å². The maximum atomic E-state index is 12.8. The van der Waals surface area contributed by atoms with Crippen molar-refractivity contribution in [3.8, 4) is 0 Å². The van der Waals surface area contributed by atoms with Crippen molar-refractivity contribution in [1.29, 1.82) is 0 Å². The van der Waals surface area contributed by atoms with Crippen LogP contribution in [0.1, 0.15) is 50.5 Å². The second-order valence-electron chi connectivity index (χ2n) is 10.1. The minimum Gasteiger partial charge on any atom is -0.461 e. The van der Waals surface area contributed by atoms with Gasteiger partial charge in [-0.15, -0.1) is 0 Å². The molecule has 1 unspecified atom stereocenters. The molecular formula is C25H37N3O2. The molecule has 4 aliphatic rings. The average Bonchev–Trinajstić information content (AvgIpc) is 3.37. The van der Waals surface area contributed by atoms with Crippen LogP contribution < -0.4 is 4.90 Å². The minimum absolute atomic E-state index is 0.0978. The van der Waals surface area contributed by atoms with Gasteiger partial charge in [0, 0.05) is 37.8 Å². The van der Waals surface area contributed by atoms with E-state index in [1.165, 1.54) is 50.0 Å². The molecule has 1 spiro atoms. The van der Waals surface area contributed by atoms with E-state index < -0.39 is 0 Å². The number of carbonyl (C=O) groups is 1. The lowest BCUT2D eigenvalue weighted by Crippen LogP contribution is -2.50. The van der Waals surface area contributed by atoms with Gasteiger partial charge in [-0.1, -0.05) is 12.1 Å². The zero-order valence-electron chi connectivity index (χ0n) is 18.5. The number of likely N-dealkylation sites (tertiary alicyclic amines) is 2. The number of cyclic esters (lactones) is 1. The summed E-state index contributed by atoms with van der Waals surface area (Å²) < 4.78 is 5.86. The summed E-state index contributed by atoms with van der Waals surface area (Å²) in [4.78, 5) is 20.5. The molecule has 1 aromatic carbocycles. The average molecular weight is 412 g/mol. The molecule has 0 aromatic heterocycles. The number of anilines is 1. The smallest absolute Gasteiger partial charge is 0.312 e. The lowest BCUT2D eigenvalue weighted by molar-refractivity contribution is -0.151. The third-order valence-electron chi connectivity index (χ3n) is 8.09. The topological polar surface area (TPSA) is 36.0 Å². The summed E-state index contributed by atoms with van der Waals surface area (Å²) in [5.74, 6) is 0.0978. The van der Waals surface area contributed by atoms with Gasteiger partial charge in [0.2, 0.25) is 0 Å². The van der Waals surface area contributed by atoms with Crippen LogP contribution in [0.2, 0.25) is 0 Å². The highest BCUT2D eigenvalue weighted by atomic mass is 16.6. The highest BCUT2D eigenvalue weighted by Gasteiger charge is 2.51. The summed E-state index contributed by atoms with van der Waals surface area (Å²) in [6.07, 6.45) is 8.08. The molecule has 4 fully saturated rings. The third kappa shape index (κ3) is 4.11. The van der Waals surface area contributed by atoms with Crippen LogP contribution in [0.3, 0.4) is 0 Å². The fourth-order valence-electron chi connectivity index (χ4n) is 6.23. The van der Waals surface area contributed by atoms with Gasteiger partial charge >= 0.3 is 5.97 Å². The molecule has 0 amide bonds. The van der Waals surface area contributed by atoms with E-state index in [0.29, 0.717) is 6.04 Å².